The maximum atomic E-state index is 12.1. The number of benzene rings is 1. The Balaban J connectivity index is 1.40. The predicted octanol–water partition coefficient (Wildman–Crippen LogP) is 2.20. The van der Waals surface area contributed by atoms with Gasteiger partial charge in [-0.2, -0.15) is 0 Å². The zero-order valence-electron chi connectivity index (χ0n) is 13.7. The SMILES string of the molecule is O=c1oc2ccccc2n1CCN1CCC[C@@H](Cn2ccnc2)C1. The lowest BCUT2D eigenvalue weighted by Gasteiger charge is -2.32. The monoisotopic (exact) mass is 326 g/mol. The largest absolute Gasteiger partial charge is 0.419 e. The van der Waals surface area contributed by atoms with Crippen molar-refractivity contribution >= 4 is 11.1 Å². The molecule has 0 amide bonds. The maximum Gasteiger partial charge on any atom is 0.419 e. The van der Waals surface area contributed by atoms with Crippen LogP contribution in [0, 0.1) is 5.92 Å². The van der Waals surface area contributed by atoms with Crippen molar-refractivity contribution in [3.8, 4) is 0 Å². The topological polar surface area (TPSA) is 56.2 Å². The standard InChI is InChI=1S/C18H22N4O2/c23-18-22(16-5-1-2-6-17(16)24-18)11-10-20-8-3-4-15(12-20)13-21-9-7-19-14-21/h1-2,5-7,9,14-15H,3-4,8,10-13H2/t15-/m1/s1. The summed E-state index contributed by atoms with van der Waals surface area (Å²) in [6.07, 6.45) is 8.20. The number of rotatable bonds is 5. The van der Waals surface area contributed by atoms with Crippen molar-refractivity contribution in [2.24, 2.45) is 5.92 Å². The smallest absolute Gasteiger partial charge is 0.408 e. The highest BCUT2D eigenvalue weighted by Crippen LogP contribution is 2.18. The van der Waals surface area contributed by atoms with Gasteiger partial charge in [0.25, 0.3) is 0 Å². The van der Waals surface area contributed by atoms with Crippen molar-refractivity contribution in [3.05, 3.63) is 53.5 Å². The van der Waals surface area contributed by atoms with Crippen LogP contribution in [0.4, 0.5) is 0 Å². The first-order valence-electron chi connectivity index (χ1n) is 8.56. The second-order valence-corrected chi connectivity index (χ2v) is 6.56. The molecule has 3 aromatic rings. The highest BCUT2D eigenvalue weighted by atomic mass is 16.4. The van der Waals surface area contributed by atoms with Gasteiger partial charge in [-0.3, -0.25) is 4.57 Å². The van der Waals surface area contributed by atoms with Crippen molar-refractivity contribution in [3.63, 3.8) is 0 Å². The Morgan fingerprint density at radius 3 is 3.04 bits per heavy atom. The summed E-state index contributed by atoms with van der Waals surface area (Å²) in [4.78, 5) is 18.6. The van der Waals surface area contributed by atoms with E-state index in [9.17, 15) is 4.79 Å². The van der Waals surface area contributed by atoms with Gasteiger partial charge in [0, 0.05) is 38.6 Å². The average Bonchev–Trinajstić information content (AvgIpc) is 3.20. The van der Waals surface area contributed by atoms with Crippen molar-refractivity contribution in [1.29, 1.82) is 0 Å². The Kier molecular flexibility index (Phi) is 4.21. The first-order chi connectivity index (χ1) is 11.8. The summed E-state index contributed by atoms with van der Waals surface area (Å²) < 4.78 is 9.21. The quantitative estimate of drug-likeness (QED) is 0.721. The van der Waals surface area contributed by atoms with Crippen LogP contribution in [0.1, 0.15) is 12.8 Å². The molecule has 0 aliphatic carbocycles. The van der Waals surface area contributed by atoms with E-state index in [0.29, 0.717) is 18.0 Å². The van der Waals surface area contributed by atoms with E-state index in [4.69, 9.17) is 4.42 Å². The highest BCUT2D eigenvalue weighted by Gasteiger charge is 2.20. The number of fused-ring (bicyclic) bond motifs is 1. The number of aromatic nitrogens is 3. The van der Waals surface area contributed by atoms with Gasteiger partial charge in [0.1, 0.15) is 0 Å². The van der Waals surface area contributed by atoms with Gasteiger partial charge in [-0.1, -0.05) is 12.1 Å². The fourth-order valence-corrected chi connectivity index (χ4v) is 3.66. The Hall–Kier alpha value is -2.34. The average molecular weight is 326 g/mol. The fraction of sp³-hybridized carbons (Fsp3) is 0.444. The van der Waals surface area contributed by atoms with Gasteiger partial charge in [0.05, 0.1) is 11.8 Å². The van der Waals surface area contributed by atoms with Crippen molar-refractivity contribution in [2.45, 2.75) is 25.9 Å². The molecule has 0 saturated carbocycles. The summed E-state index contributed by atoms with van der Waals surface area (Å²) in [5.41, 5.74) is 1.55. The van der Waals surface area contributed by atoms with Crippen LogP contribution in [-0.4, -0.2) is 38.7 Å². The minimum absolute atomic E-state index is 0.261. The lowest BCUT2D eigenvalue weighted by atomic mass is 9.98. The molecule has 1 fully saturated rings. The first-order valence-corrected chi connectivity index (χ1v) is 8.56. The molecule has 0 radical (unpaired) electrons. The Morgan fingerprint density at radius 1 is 1.25 bits per heavy atom. The molecule has 0 bridgehead atoms. The molecule has 4 rings (SSSR count). The number of para-hydroxylation sites is 2. The van der Waals surface area contributed by atoms with Gasteiger partial charge >= 0.3 is 5.76 Å². The first kappa shape index (κ1) is 15.2. The summed E-state index contributed by atoms with van der Waals surface area (Å²) in [5, 5.41) is 0. The molecule has 1 aliphatic rings. The number of hydrogen-bond acceptors (Lipinski definition) is 4. The van der Waals surface area contributed by atoms with Crippen LogP contribution in [0.5, 0.6) is 0 Å². The molecule has 0 spiro atoms. The van der Waals surface area contributed by atoms with E-state index in [-0.39, 0.29) is 5.76 Å². The van der Waals surface area contributed by atoms with Gasteiger partial charge in [-0.05, 0) is 37.4 Å². The molecule has 1 saturated heterocycles. The summed E-state index contributed by atoms with van der Waals surface area (Å²) in [5.74, 6) is 0.383. The summed E-state index contributed by atoms with van der Waals surface area (Å²) in [7, 11) is 0. The molecular weight excluding hydrogens is 304 g/mol. The normalized spacial score (nSPS) is 19.1. The Bertz CT molecular complexity index is 849. The predicted molar refractivity (Wildman–Crippen MR) is 91.9 cm³/mol. The molecule has 6 heteroatoms. The lowest BCUT2D eigenvalue weighted by molar-refractivity contribution is 0.157. The third kappa shape index (κ3) is 3.14. The van der Waals surface area contributed by atoms with Crippen molar-refractivity contribution in [1.82, 2.24) is 19.0 Å². The second-order valence-electron chi connectivity index (χ2n) is 6.56. The van der Waals surface area contributed by atoms with Crippen molar-refractivity contribution < 1.29 is 4.42 Å². The second kappa shape index (κ2) is 6.65. The van der Waals surface area contributed by atoms with E-state index in [2.05, 4.69) is 14.5 Å². The van der Waals surface area contributed by atoms with Gasteiger partial charge in [-0.15, -0.1) is 0 Å². The van der Waals surface area contributed by atoms with Crippen LogP contribution >= 0.6 is 0 Å². The number of oxazole rings is 1. The lowest BCUT2D eigenvalue weighted by Crippen LogP contribution is -2.39. The molecule has 126 valence electrons. The van der Waals surface area contributed by atoms with Gasteiger partial charge in [-0.25, -0.2) is 9.78 Å². The summed E-state index contributed by atoms with van der Waals surface area (Å²) in [6.45, 7) is 4.75. The third-order valence-corrected chi connectivity index (χ3v) is 4.84. The molecule has 6 nitrogen and oxygen atoms in total. The van der Waals surface area contributed by atoms with E-state index in [1.165, 1.54) is 12.8 Å². The molecule has 3 heterocycles. The minimum atomic E-state index is -0.261. The number of nitrogens with zero attached hydrogens (tertiary/aromatic N) is 4. The molecule has 1 aromatic carbocycles. The number of piperidine rings is 1. The van der Waals surface area contributed by atoms with E-state index in [1.807, 2.05) is 43.0 Å². The maximum absolute atomic E-state index is 12.1. The number of likely N-dealkylation sites (tertiary alicyclic amines) is 1. The van der Waals surface area contributed by atoms with E-state index in [1.54, 1.807) is 4.57 Å². The van der Waals surface area contributed by atoms with Crippen LogP contribution in [0.2, 0.25) is 0 Å². The fourth-order valence-electron chi connectivity index (χ4n) is 3.66. The Morgan fingerprint density at radius 2 is 2.17 bits per heavy atom. The van der Waals surface area contributed by atoms with Crippen molar-refractivity contribution in [2.75, 3.05) is 19.6 Å². The van der Waals surface area contributed by atoms with E-state index < -0.39 is 0 Å². The number of imidazole rings is 1. The van der Waals surface area contributed by atoms with Crippen LogP contribution in [0.3, 0.4) is 0 Å². The molecule has 1 aliphatic heterocycles. The van der Waals surface area contributed by atoms with Crippen LogP contribution in [-0.2, 0) is 13.1 Å². The molecule has 2 aromatic heterocycles. The minimum Gasteiger partial charge on any atom is -0.408 e. The third-order valence-electron chi connectivity index (χ3n) is 4.84. The Labute approximate surface area is 140 Å². The highest BCUT2D eigenvalue weighted by molar-refractivity contribution is 5.72. The van der Waals surface area contributed by atoms with Gasteiger partial charge < -0.3 is 13.9 Å². The van der Waals surface area contributed by atoms with Gasteiger partial charge in [0.2, 0.25) is 0 Å². The molecule has 24 heavy (non-hydrogen) atoms. The zero-order valence-corrected chi connectivity index (χ0v) is 13.7. The zero-order chi connectivity index (χ0) is 16.4. The van der Waals surface area contributed by atoms with Crippen LogP contribution in [0.25, 0.3) is 11.1 Å². The van der Waals surface area contributed by atoms with Crippen LogP contribution < -0.4 is 5.76 Å². The summed E-state index contributed by atoms with van der Waals surface area (Å²) >= 11 is 0. The van der Waals surface area contributed by atoms with E-state index >= 15 is 0 Å². The number of hydrogen-bond donors (Lipinski definition) is 0. The van der Waals surface area contributed by atoms with Crippen LogP contribution in [0.15, 0.2) is 52.2 Å². The van der Waals surface area contributed by atoms with E-state index in [0.717, 1.165) is 31.7 Å². The van der Waals surface area contributed by atoms with Gasteiger partial charge in [0.15, 0.2) is 5.58 Å². The summed E-state index contributed by atoms with van der Waals surface area (Å²) in [6, 6.07) is 7.62. The molecular formula is C18H22N4O2. The molecule has 0 N–H and O–H groups in total. The molecule has 0 unspecified atom stereocenters. The molecule has 1 atom stereocenters.